The first-order valence-corrected chi connectivity index (χ1v) is 14.4. The van der Waals surface area contributed by atoms with Crippen LogP contribution in [0.5, 0.6) is 5.75 Å². The second-order valence-electron chi connectivity index (χ2n) is 10.5. The van der Waals surface area contributed by atoms with Crippen molar-refractivity contribution in [3.8, 4) is 5.75 Å². The fraction of sp³-hybridized carbons (Fsp3) is 0.500. The second kappa shape index (κ2) is 12.4. The number of methoxy groups -OCH3 is 1. The number of likely N-dealkylation sites (N-methyl/N-ethyl adjacent to an activating group) is 3. The molecule has 1 saturated carbocycles. The third-order valence-electron chi connectivity index (χ3n) is 7.12. The van der Waals surface area contributed by atoms with Crippen molar-refractivity contribution in [1.82, 2.24) is 19.4 Å². The zero-order valence-electron chi connectivity index (χ0n) is 24.0. The fourth-order valence-corrected chi connectivity index (χ4v) is 6.51. The number of nitrogens with one attached hydrogen (secondary N) is 2. The normalized spacial score (nSPS) is 14.3. The lowest BCUT2D eigenvalue weighted by atomic mass is 10.1. The highest BCUT2D eigenvalue weighted by atomic mass is 32.2. The van der Waals surface area contributed by atoms with Gasteiger partial charge in [-0.25, -0.2) is 8.42 Å². The number of rotatable bonds is 13. The van der Waals surface area contributed by atoms with E-state index in [9.17, 15) is 18.0 Å². The molecule has 2 aromatic rings. The number of aryl methyl sites for hydroxylation is 2. The molecule has 2 amide bonds. The van der Waals surface area contributed by atoms with Gasteiger partial charge in [0.2, 0.25) is 21.8 Å². The molecule has 214 valence electrons. The molecule has 0 unspecified atom stereocenters. The Bertz CT molecular complexity index is 1270. The number of carbonyl (C=O) groups excluding carboxylic acids is 2. The number of hydrogen-bond acceptors (Lipinski definition) is 7. The molecule has 39 heavy (non-hydrogen) atoms. The van der Waals surface area contributed by atoms with Crippen molar-refractivity contribution < 1.29 is 22.7 Å². The van der Waals surface area contributed by atoms with Crippen LogP contribution in [0.4, 0.5) is 5.69 Å². The van der Waals surface area contributed by atoms with Crippen molar-refractivity contribution in [3.05, 3.63) is 53.1 Å². The number of hydrogen-bond donors (Lipinski definition) is 2. The minimum absolute atomic E-state index is 0.166. The first-order valence-electron chi connectivity index (χ1n) is 13.0. The van der Waals surface area contributed by atoms with Gasteiger partial charge in [-0.05, 0) is 81.7 Å². The maximum absolute atomic E-state index is 13.5. The Morgan fingerprint density at radius 3 is 2.10 bits per heavy atom. The number of amides is 2. The van der Waals surface area contributed by atoms with Gasteiger partial charge >= 0.3 is 0 Å². The van der Waals surface area contributed by atoms with Gasteiger partial charge in [0.05, 0.1) is 18.6 Å². The van der Waals surface area contributed by atoms with Crippen LogP contribution < -0.4 is 15.4 Å². The lowest BCUT2D eigenvalue weighted by molar-refractivity contribution is -0.133. The molecule has 1 fully saturated rings. The molecule has 0 radical (unpaired) electrons. The van der Waals surface area contributed by atoms with Crippen molar-refractivity contribution in [3.63, 3.8) is 0 Å². The van der Waals surface area contributed by atoms with Crippen LogP contribution in [0, 0.1) is 13.8 Å². The van der Waals surface area contributed by atoms with Gasteiger partial charge in [-0.2, -0.15) is 4.31 Å². The summed E-state index contributed by atoms with van der Waals surface area (Å²) in [6, 6.07) is 11.2. The van der Waals surface area contributed by atoms with Gasteiger partial charge < -0.3 is 25.2 Å². The van der Waals surface area contributed by atoms with Crippen LogP contribution in [0.3, 0.4) is 0 Å². The highest BCUT2D eigenvalue weighted by Crippen LogP contribution is 2.44. The standard InChI is InChI=1S/C28H41N5O5S/c1-20-16-24(38-7)17-21(2)26(20)39(36,37)33(6)28(12-13-28)27(35)30-18-25(34)32(5)19-22-8-10-23(11-9-22)29-14-15-31(3)4/h8-11,16-17,29H,12-15,18-19H2,1-7H3,(H,30,35). The van der Waals surface area contributed by atoms with E-state index in [4.69, 9.17) is 4.74 Å². The van der Waals surface area contributed by atoms with Gasteiger partial charge in [0, 0.05) is 39.4 Å². The van der Waals surface area contributed by atoms with Gasteiger partial charge in [0.1, 0.15) is 11.3 Å². The minimum atomic E-state index is -3.96. The second-order valence-corrected chi connectivity index (χ2v) is 12.4. The molecule has 0 saturated heterocycles. The van der Waals surface area contributed by atoms with Crippen molar-refractivity contribution >= 4 is 27.5 Å². The quantitative estimate of drug-likeness (QED) is 0.387. The number of nitrogens with zero attached hydrogens (tertiary/aromatic N) is 3. The molecule has 1 aliphatic rings. The predicted molar refractivity (Wildman–Crippen MR) is 152 cm³/mol. The van der Waals surface area contributed by atoms with E-state index in [-0.39, 0.29) is 17.3 Å². The smallest absolute Gasteiger partial charge is 0.244 e. The highest BCUT2D eigenvalue weighted by molar-refractivity contribution is 7.89. The maximum Gasteiger partial charge on any atom is 0.244 e. The van der Waals surface area contributed by atoms with Crippen LogP contribution >= 0.6 is 0 Å². The Balaban J connectivity index is 1.58. The molecule has 0 aliphatic heterocycles. The lowest BCUT2D eigenvalue weighted by Gasteiger charge is -2.28. The highest BCUT2D eigenvalue weighted by Gasteiger charge is 2.57. The summed E-state index contributed by atoms with van der Waals surface area (Å²) in [7, 11) is 4.72. The van der Waals surface area contributed by atoms with Crippen LogP contribution in [-0.2, 0) is 26.2 Å². The summed E-state index contributed by atoms with van der Waals surface area (Å²) >= 11 is 0. The lowest BCUT2D eigenvalue weighted by Crippen LogP contribution is -2.51. The Hall–Kier alpha value is -3.15. The third-order valence-corrected chi connectivity index (χ3v) is 9.36. The van der Waals surface area contributed by atoms with Crippen molar-refractivity contribution in [2.24, 2.45) is 0 Å². The average Bonchev–Trinajstić information content (AvgIpc) is 3.68. The van der Waals surface area contributed by atoms with E-state index in [0.717, 1.165) is 28.6 Å². The Kier molecular flexibility index (Phi) is 9.63. The molecule has 1 aliphatic carbocycles. The summed E-state index contributed by atoms with van der Waals surface area (Å²) in [4.78, 5) is 29.7. The van der Waals surface area contributed by atoms with Crippen molar-refractivity contribution in [2.45, 2.75) is 43.7 Å². The first kappa shape index (κ1) is 30.4. The monoisotopic (exact) mass is 559 g/mol. The van der Waals surface area contributed by atoms with Crippen LogP contribution in [0.15, 0.2) is 41.3 Å². The maximum atomic E-state index is 13.5. The van der Waals surface area contributed by atoms with E-state index in [0.29, 0.717) is 36.3 Å². The summed E-state index contributed by atoms with van der Waals surface area (Å²) in [5.74, 6) is -0.160. The van der Waals surface area contributed by atoms with E-state index in [1.54, 1.807) is 37.9 Å². The van der Waals surface area contributed by atoms with Gasteiger partial charge in [0.15, 0.2) is 0 Å². The molecular formula is C28H41N5O5S. The summed E-state index contributed by atoms with van der Waals surface area (Å²) in [5.41, 5.74) is 1.86. The third kappa shape index (κ3) is 7.09. The summed E-state index contributed by atoms with van der Waals surface area (Å²) in [6.07, 6.45) is 0.781. The van der Waals surface area contributed by atoms with Gasteiger partial charge in [-0.1, -0.05) is 12.1 Å². The number of carbonyl (C=O) groups is 2. The first-order chi connectivity index (χ1) is 18.3. The number of anilines is 1. The molecule has 2 aromatic carbocycles. The molecule has 11 heteroatoms. The van der Waals surface area contributed by atoms with E-state index in [1.165, 1.54) is 14.2 Å². The molecule has 2 N–H and O–H groups in total. The summed E-state index contributed by atoms with van der Waals surface area (Å²) < 4.78 is 33.5. The molecular weight excluding hydrogens is 518 g/mol. The van der Waals surface area contributed by atoms with Gasteiger partial charge in [-0.15, -0.1) is 0 Å². The topological polar surface area (TPSA) is 111 Å². The van der Waals surface area contributed by atoms with E-state index in [1.807, 2.05) is 38.4 Å². The summed E-state index contributed by atoms with van der Waals surface area (Å²) in [6.45, 7) is 5.35. The van der Waals surface area contributed by atoms with E-state index in [2.05, 4.69) is 15.5 Å². The SMILES string of the molecule is COc1cc(C)c(S(=O)(=O)N(C)C2(C(=O)NCC(=O)N(C)Cc3ccc(NCCN(C)C)cc3)CC2)c(C)c1. The van der Waals surface area contributed by atoms with Crippen molar-refractivity contribution in [2.75, 3.05) is 60.3 Å². The van der Waals surface area contributed by atoms with Crippen LogP contribution in [0.2, 0.25) is 0 Å². The number of benzene rings is 2. The summed E-state index contributed by atoms with van der Waals surface area (Å²) in [5, 5.41) is 6.03. The van der Waals surface area contributed by atoms with E-state index >= 15 is 0 Å². The Labute approximate surface area is 232 Å². The van der Waals surface area contributed by atoms with Crippen LogP contribution in [0.1, 0.15) is 29.5 Å². The van der Waals surface area contributed by atoms with Crippen LogP contribution in [-0.4, -0.2) is 94.8 Å². The molecule has 0 aromatic heterocycles. The van der Waals surface area contributed by atoms with E-state index < -0.39 is 21.5 Å². The molecule has 0 heterocycles. The van der Waals surface area contributed by atoms with Gasteiger partial charge in [-0.3, -0.25) is 9.59 Å². The fourth-order valence-electron chi connectivity index (χ4n) is 4.57. The molecule has 10 nitrogen and oxygen atoms in total. The molecule has 3 rings (SSSR count). The Morgan fingerprint density at radius 1 is 1.00 bits per heavy atom. The zero-order chi connectivity index (χ0) is 29.0. The largest absolute Gasteiger partial charge is 0.497 e. The minimum Gasteiger partial charge on any atom is -0.497 e. The predicted octanol–water partition coefficient (Wildman–Crippen LogP) is 2.21. The Morgan fingerprint density at radius 2 is 1.59 bits per heavy atom. The number of sulfonamides is 1. The zero-order valence-corrected chi connectivity index (χ0v) is 24.8. The van der Waals surface area contributed by atoms with Crippen LogP contribution in [0.25, 0.3) is 0 Å². The molecule has 0 bridgehead atoms. The van der Waals surface area contributed by atoms with Crippen molar-refractivity contribution in [1.29, 1.82) is 0 Å². The molecule has 0 atom stereocenters. The molecule has 0 spiro atoms. The average molecular weight is 560 g/mol. The van der Waals surface area contributed by atoms with Gasteiger partial charge in [0.25, 0.3) is 0 Å². The number of ether oxygens (including phenoxy) is 1.